The summed E-state index contributed by atoms with van der Waals surface area (Å²) in [5.41, 5.74) is 7.02. The molecule has 0 aromatic carbocycles. The summed E-state index contributed by atoms with van der Waals surface area (Å²) in [7, 11) is 0. The largest absolute Gasteiger partial charge is 0.327 e. The van der Waals surface area contributed by atoms with Crippen molar-refractivity contribution in [2.24, 2.45) is 11.7 Å². The average molecular weight is 238 g/mol. The van der Waals surface area contributed by atoms with E-state index in [0.29, 0.717) is 12.0 Å². The standard InChI is InChI=1S/C15H30N2/c1-14(2)11-13(16)12-9-7-5-6-8-10-17(14)15(12,3)4/h12-13H,5-11,16H2,1-4H3. The Morgan fingerprint density at radius 3 is 2.35 bits per heavy atom. The lowest BCUT2D eigenvalue weighted by molar-refractivity contribution is -0.0755. The summed E-state index contributed by atoms with van der Waals surface area (Å²) >= 11 is 0. The molecule has 2 rings (SSSR count). The van der Waals surface area contributed by atoms with Gasteiger partial charge in [0.1, 0.15) is 0 Å². The van der Waals surface area contributed by atoms with Crippen LogP contribution in [0.2, 0.25) is 0 Å². The van der Waals surface area contributed by atoms with E-state index < -0.39 is 0 Å². The first-order chi connectivity index (χ1) is 7.86. The lowest BCUT2D eigenvalue weighted by Crippen LogP contribution is -2.68. The molecule has 2 aliphatic rings. The van der Waals surface area contributed by atoms with Crippen LogP contribution >= 0.6 is 0 Å². The zero-order valence-corrected chi connectivity index (χ0v) is 12.1. The van der Waals surface area contributed by atoms with Crippen LogP contribution in [0.15, 0.2) is 0 Å². The first-order valence-corrected chi connectivity index (χ1v) is 7.39. The first kappa shape index (κ1) is 13.4. The predicted octanol–water partition coefficient (Wildman–Crippen LogP) is 3.16. The van der Waals surface area contributed by atoms with Crippen LogP contribution < -0.4 is 5.73 Å². The molecule has 2 nitrogen and oxygen atoms in total. The van der Waals surface area contributed by atoms with E-state index >= 15 is 0 Å². The molecule has 2 bridgehead atoms. The highest BCUT2D eigenvalue weighted by Crippen LogP contribution is 2.44. The summed E-state index contributed by atoms with van der Waals surface area (Å²) in [4.78, 5) is 2.75. The highest BCUT2D eigenvalue weighted by molar-refractivity contribution is 5.06. The predicted molar refractivity (Wildman–Crippen MR) is 74.0 cm³/mol. The number of rotatable bonds is 0. The number of nitrogens with two attached hydrogens (primary N) is 1. The molecule has 2 fully saturated rings. The fraction of sp³-hybridized carbons (Fsp3) is 1.00. The topological polar surface area (TPSA) is 29.3 Å². The number of nitrogens with zero attached hydrogens (tertiary/aromatic N) is 1. The second-order valence-electron chi connectivity index (χ2n) is 7.30. The lowest BCUT2D eigenvalue weighted by atomic mass is 9.68. The third-order valence-electron chi connectivity index (χ3n) is 5.23. The zero-order valence-electron chi connectivity index (χ0n) is 12.1. The van der Waals surface area contributed by atoms with Crippen molar-refractivity contribution in [1.29, 1.82) is 0 Å². The molecule has 100 valence electrons. The summed E-state index contributed by atoms with van der Waals surface area (Å²) in [6.07, 6.45) is 7.99. The van der Waals surface area contributed by atoms with Crippen LogP contribution in [0.25, 0.3) is 0 Å². The molecule has 0 aliphatic carbocycles. The maximum atomic E-state index is 6.48. The van der Waals surface area contributed by atoms with Crippen molar-refractivity contribution in [2.45, 2.75) is 83.3 Å². The minimum Gasteiger partial charge on any atom is -0.327 e. The molecule has 2 saturated heterocycles. The second kappa shape index (κ2) is 4.55. The zero-order chi connectivity index (χ0) is 12.7. The summed E-state index contributed by atoms with van der Waals surface area (Å²) in [5.74, 6) is 0.675. The molecular weight excluding hydrogens is 208 g/mol. The van der Waals surface area contributed by atoms with Crippen molar-refractivity contribution < 1.29 is 0 Å². The molecule has 0 spiro atoms. The molecular formula is C15H30N2. The van der Waals surface area contributed by atoms with E-state index in [1.165, 1.54) is 38.6 Å². The van der Waals surface area contributed by atoms with E-state index in [4.69, 9.17) is 5.73 Å². The Hall–Kier alpha value is -0.0800. The molecule has 0 aromatic heterocycles. The molecule has 2 aliphatic heterocycles. The van der Waals surface area contributed by atoms with Crippen molar-refractivity contribution in [3.8, 4) is 0 Å². The Morgan fingerprint density at radius 1 is 1.00 bits per heavy atom. The SMILES string of the molecule is CC1(C)CC(N)C2CCCCCCN1C2(C)C. The van der Waals surface area contributed by atoms with E-state index in [1.54, 1.807) is 0 Å². The van der Waals surface area contributed by atoms with Gasteiger partial charge in [0.25, 0.3) is 0 Å². The Kier molecular flexibility index (Phi) is 3.57. The van der Waals surface area contributed by atoms with Gasteiger partial charge in [-0.25, -0.2) is 0 Å². The molecule has 0 saturated carbocycles. The Bertz CT molecular complexity index is 270. The van der Waals surface area contributed by atoms with E-state index in [9.17, 15) is 0 Å². The number of hydrogen-bond acceptors (Lipinski definition) is 2. The van der Waals surface area contributed by atoms with Gasteiger partial charge in [-0.1, -0.05) is 19.3 Å². The van der Waals surface area contributed by atoms with Crippen LogP contribution in [0, 0.1) is 5.92 Å². The lowest BCUT2D eigenvalue weighted by Gasteiger charge is -2.59. The van der Waals surface area contributed by atoms with Gasteiger partial charge in [0.2, 0.25) is 0 Å². The first-order valence-electron chi connectivity index (χ1n) is 7.39. The van der Waals surface area contributed by atoms with Crippen LogP contribution in [-0.2, 0) is 0 Å². The molecule has 0 aromatic rings. The highest BCUT2D eigenvalue weighted by Gasteiger charge is 2.49. The normalized spacial score (nSPS) is 41.1. The van der Waals surface area contributed by atoms with E-state index in [0.717, 1.165) is 6.42 Å². The maximum Gasteiger partial charge on any atom is 0.0201 e. The smallest absolute Gasteiger partial charge is 0.0201 e. The van der Waals surface area contributed by atoms with Gasteiger partial charge < -0.3 is 5.73 Å². The Morgan fingerprint density at radius 2 is 1.65 bits per heavy atom. The van der Waals surface area contributed by atoms with E-state index in [-0.39, 0.29) is 11.1 Å². The summed E-state index contributed by atoms with van der Waals surface area (Å²) in [6.45, 7) is 10.8. The second-order valence-corrected chi connectivity index (χ2v) is 7.30. The van der Waals surface area contributed by atoms with Crippen LogP contribution in [-0.4, -0.2) is 28.6 Å². The summed E-state index contributed by atoms with van der Waals surface area (Å²) in [6, 6.07) is 0.384. The number of hydrogen-bond donors (Lipinski definition) is 1. The quantitative estimate of drug-likeness (QED) is 0.702. The minimum absolute atomic E-state index is 0.268. The molecule has 0 amide bonds. The van der Waals surface area contributed by atoms with E-state index in [1.807, 2.05) is 0 Å². The van der Waals surface area contributed by atoms with Gasteiger partial charge in [0.05, 0.1) is 0 Å². The fourth-order valence-electron chi connectivity index (χ4n) is 4.48. The number of fused-ring (bicyclic) bond motifs is 2. The van der Waals surface area contributed by atoms with Gasteiger partial charge in [-0.05, 0) is 59.4 Å². The Balaban J connectivity index is 2.31. The van der Waals surface area contributed by atoms with Crippen molar-refractivity contribution in [3.05, 3.63) is 0 Å². The summed E-state index contributed by atoms with van der Waals surface area (Å²) in [5, 5.41) is 0. The van der Waals surface area contributed by atoms with Crippen molar-refractivity contribution >= 4 is 0 Å². The van der Waals surface area contributed by atoms with Gasteiger partial charge in [-0.3, -0.25) is 4.90 Å². The minimum atomic E-state index is 0.268. The van der Waals surface area contributed by atoms with Crippen LogP contribution in [0.1, 0.15) is 66.2 Å². The van der Waals surface area contributed by atoms with Crippen LogP contribution in [0.3, 0.4) is 0 Å². The molecule has 0 radical (unpaired) electrons. The maximum absolute atomic E-state index is 6.48. The highest BCUT2D eigenvalue weighted by atomic mass is 15.3. The molecule has 17 heavy (non-hydrogen) atoms. The van der Waals surface area contributed by atoms with Crippen molar-refractivity contribution in [1.82, 2.24) is 4.90 Å². The molecule has 2 N–H and O–H groups in total. The summed E-state index contributed by atoms with van der Waals surface area (Å²) < 4.78 is 0. The van der Waals surface area contributed by atoms with Gasteiger partial charge in [-0.15, -0.1) is 0 Å². The molecule has 3 unspecified atom stereocenters. The third kappa shape index (κ3) is 2.39. The molecule has 2 heteroatoms. The van der Waals surface area contributed by atoms with Gasteiger partial charge >= 0.3 is 0 Å². The van der Waals surface area contributed by atoms with E-state index in [2.05, 4.69) is 32.6 Å². The van der Waals surface area contributed by atoms with Gasteiger partial charge in [-0.2, -0.15) is 0 Å². The van der Waals surface area contributed by atoms with Crippen molar-refractivity contribution in [3.63, 3.8) is 0 Å². The van der Waals surface area contributed by atoms with Gasteiger partial charge in [0.15, 0.2) is 0 Å². The van der Waals surface area contributed by atoms with Crippen LogP contribution in [0.5, 0.6) is 0 Å². The molecule has 2 heterocycles. The monoisotopic (exact) mass is 238 g/mol. The number of piperidine rings is 1. The van der Waals surface area contributed by atoms with Crippen molar-refractivity contribution in [2.75, 3.05) is 6.54 Å². The fourth-order valence-corrected chi connectivity index (χ4v) is 4.48. The Labute approximate surface area is 107 Å². The third-order valence-corrected chi connectivity index (χ3v) is 5.23. The molecule has 3 atom stereocenters. The van der Waals surface area contributed by atoms with Crippen LogP contribution in [0.4, 0.5) is 0 Å². The average Bonchev–Trinajstić information content (AvgIpc) is 2.22. The van der Waals surface area contributed by atoms with Gasteiger partial charge in [0, 0.05) is 17.1 Å².